The normalized spacial score (nSPS) is 10.9. The Bertz CT molecular complexity index is 347. The summed E-state index contributed by atoms with van der Waals surface area (Å²) < 4.78 is 43.0. The molecule has 0 atom stereocenters. The van der Waals surface area contributed by atoms with Crippen LogP contribution in [0.3, 0.4) is 0 Å². The molecule has 0 fully saturated rings. The zero-order chi connectivity index (χ0) is 11.5. The molecule has 0 saturated carbocycles. The molecule has 1 rings (SSSR count). The zero-order valence-electron chi connectivity index (χ0n) is 7.54. The van der Waals surface area contributed by atoms with Crippen LogP contribution in [0, 0.1) is 0 Å². The van der Waals surface area contributed by atoms with Gasteiger partial charge in [-0.05, 0) is 6.07 Å². The van der Waals surface area contributed by atoms with E-state index < -0.39 is 18.2 Å². The molecule has 1 aromatic rings. The highest BCUT2D eigenvalue weighted by molar-refractivity contribution is 5.88. The van der Waals surface area contributed by atoms with Crippen LogP contribution in [0.4, 0.5) is 13.2 Å². The lowest BCUT2D eigenvalue weighted by Crippen LogP contribution is -2.18. The minimum atomic E-state index is -4.79. The maximum atomic E-state index is 11.7. The van der Waals surface area contributed by atoms with Gasteiger partial charge >= 0.3 is 12.3 Å². The van der Waals surface area contributed by atoms with Crippen molar-refractivity contribution in [2.75, 3.05) is 7.11 Å². The molecule has 0 unspecified atom stereocenters. The molecule has 0 spiro atoms. The second-order valence-electron chi connectivity index (χ2n) is 2.42. The number of aromatic nitrogens is 1. The number of alkyl halides is 3. The maximum absolute atomic E-state index is 11.7. The van der Waals surface area contributed by atoms with Gasteiger partial charge in [0, 0.05) is 12.3 Å². The summed E-state index contributed by atoms with van der Waals surface area (Å²) in [5.41, 5.74) is 0.0482. The van der Waals surface area contributed by atoms with E-state index >= 15 is 0 Å². The number of rotatable bonds is 2. The van der Waals surface area contributed by atoms with Gasteiger partial charge in [-0.3, -0.25) is 0 Å². The number of esters is 1. The molecule has 1 heterocycles. The van der Waals surface area contributed by atoms with E-state index in [9.17, 15) is 18.0 Å². The molecule has 15 heavy (non-hydrogen) atoms. The molecule has 0 radical (unpaired) electrons. The molecule has 4 nitrogen and oxygen atoms in total. The second kappa shape index (κ2) is 4.16. The average molecular weight is 221 g/mol. The Hall–Kier alpha value is -1.79. The zero-order valence-corrected chi connectivity index (χ0v) is 7.54. The van der Waals surface area contributed by atoms with Gasteiger partial charge in [-0.15, -0.1) is 13.2 Å². The van der Waals surface area contributed by atoms with Crippen molar-refractivity contribution in [3.05, 3.63) is 23.9 Å². The first-order valence-electron chi connectivity index (χ1n) is 3.72. The summed E-state index contributed by atoms with van der Waals surface area (Å²) in [7, 11) is 1.16. The number of hydrogen-bond donors (Lipinski definition) is 0. The molecule has 1 aromatic heterocycles. The van der Waals surface area contributed by atoms with E-state index in [1.54, 1.807) is 0 Å². The van der Waals surface area contributed by atoms with E-state index in [-0.39, 0.29) is 5.56 Å². The fourth-order valence-corrected chi connectivity index (χ4v) is 0.798. The molecule has 0 N–H and O–H groups in total. The van der Waals surface area contributed by atoms with Crippen LogP contribution in [0.2, 0.25) is 0 Å². The largest absolute Gasteiger partial charge is 0.574 e. The van der Waals surface area contributed by atoms with Crippen LogP contribution in [0.15, 0.2) is 18.3 Å². The molecule has 0 aliphatic carbocycles. The number of carbonyl (C=O) groups excluding carboxylic acids is 1. The van der Waals surface area contributed by atoms with E-state index in [1.165, 1.54) is 0 Å². The molecule has 0 amide bonds. The van der Waals surface area contributed by atoms with Crippen molar-refractivity contribution in [3.8, 4) is 5.88 Å². The first-order valence-corrected chi connectivity index (χ1v) is 3.72. The Morgan fingerprint density at radius 2 is 2.07 bits per heavy atom. The van der Waals surface area contributed by atoms with E-state index in [0.29, 0.717) is 0 Å². The second-order valence-corrected chi connectivity index (χ2v) is 2.42. The lowest BCUT2D eigenvalue weighted by atomic mass is 10.3. The number of methoxy groups -OCH3 is 1. The van der Waals surface area contributed by atoms with Gasteiger partial charge in [-0.2, -0.15) is 0 Å². The van der Waals surface area contributed by atoms with Crippen molar-refractivity contribution >= 4 is 5.97 Å². The minimum Gasteiger partial charge on any atom is -0.465 e. The van der Waals surface area contributed by atoms with E-state index in [1.807, 2.05) is 0 Å². The topological polar surface area (TPSA) is 48.4 Å². The molecule has 0 aliphatic heterocycles. The fraction of sp³-hybridized carbons (Fsp3) is 0.250. The summed E-state index contributed by atoms with van der Waals surface area (Å²) in [6.45, 7) is 0. The standard InChI is InChI=1S/C8H6F3NO3/c1-14-7(13)5-2-3-6(12-4-5)15-8(9,10)11/h2-4H,1H3. The molecular weight excluding hydrogens is 215 g/mol. The third kappa shape index (κ3) is 3.45. The van der Waals surface area contributed by atoms with E-state index in [2.05, 4.69) is 14.5 Å². The van der Waals surface area contributed by atoms with Crippen molar-refractivity contribution in [3.63, 3.8) is 0 Å². The van der Waals surface area contributed by atoms with Gasteiger partial charge in [-0.25, -0.2) is 9.78 Å². The van der Waals surface area contributed by atoms with E-state index in [4.69, 9.17) is 0 Å². The van der Waals surface area contributed by atoms with Gasteiger partial charge in [0.2, 0.25) is 5.88 Å². The Kier molecular flexibility index (Phi) is 3.13. The Labute approximate surface area is 82.6 Å². The number of hydrogen-bond acceptors (Lipinski definition) is 4. The van der Waals surface area contributed by atoms with Crippen LogP contribution in [0.5, 0.6) is 5.88 Å². The Morgan fingerprint density at radius 3 is 2.47 bits per heavy atom. The molecule has 7 heteroatoms. The Morgan fingerprint density at radius 1 is 1.40 bits per heavy atom. The third-order valence-corrected chi connectivity index (χ3v) is 1.38. The summed E-state index contributed by atoms with van der Waals surface area (Å²) in [4.78, 5) is 14.2. The van der Waals surface area contributed by atoms with Crippen molar-refractivity contribution in [2.45, 2.75) is 6.36 Å². The summed E-state index contributed by atoms with van der Waals surface area (Å²) >= 11 is 0. The lowest BCUT2D eigenvalue weighted by Gasteiger charge is -2.07. The van der Waals surface area contributed by atoms with Crippen LogP contribution < -0.4 is 4.74 Å². The van der Waals surface area contributed by atoms with Crippen LogP contribution in [-0.2, 0) is 4.74 Å². The molecule has 0 bridgehead atoms. The Balaban J connectivity index is 2.77. The number of halogens is 3. The number of pyridine rings is 1. The van der Waals surface area contributed by atoms with Crippen molar-refractivity contribution in [1.82, 2.24) is 4.98 Å². The van der Waals surface area contributed by atoms with Gasteiger partial charge in [0.05, 0.1) is 12.7 Å². The monoisotopic (exact) mass is 221 g/mol. The molecule has 0 saturated heterocycles. The third-order valence-electron chi connectivity index (χ3n) is 1.38. The first-order chi connectivity index (χ1) is 6.92. The number of ether oxygens (including phenoxy) is 2. The highest BCUT2D eigenvalue weighted by atomic mass is 19.4. The average Bonchev–Trinajstić information content (AvgIpc) is 2.15. The van der Waals surface area contributed by atoms with Gasteiger partial charge < -0.3 is 9.47 Å². The number of carbonyl (C=O) groups is 1. The van der Waals surface area contributed by atoms with Crippen molar-refractivity contribution in [2.24, 2.45) is 0 Å². The SMILES string of the molecule is COC(=O)c1ccc(OC(F)(F)F)nc1. The highest BCUT2D eigenvalue weighted by Crippen LogP contribution is 2.20. The molecule has 82 valence electrons. The predicted octanol–water partition coefficient (Wildman–Crippen LogP) is 1.77. The number of nitrogens with zero attached hydrogens (tertiary/aromatic N) is 1. The molecular formula is C8H6F3NO3. The quantitative estimate of drug-likeness (QED) is 0.714. The summed E-state index contributed by atoms with van der Waals surface area (Å²) in [6.07, 6.45) is -3.85. The smallest absolute Gasteiger partial charge is 0.465 e. The van der Waals surface area contributed by atoms with Crippen LogP contribution >= 0.6 is 0 Å². The fourth-order valence-electron chi connectivity index (χ4n) is 0.798. The van der Waals surface area contributed by atoms with Crippen molar-refractivity contribution in [1.29, 1.82) is 0 Å². The van der Waals surface area contributed by atoms with Gasteiger partial charge in [-0.1, -0.05) is 0 Å². The van der Waals surface area contributed by atoms with Gasteiger partial charge in [0.15, 0.2) is 0 Å². The van der Waals surface area contributed by atoms with Crippen LogP contribution in [0.1, 0.15) is 10.4 Å². The van der Waals surface area contributed by atoms with Crippen molar-refractivity contribution < 1.29 is 27.4 Å². The lowest BCUT2D eigenvalue weighted by molar-refractivity contribution is -0.276. The molecule has 0 aliphatic rings. The van der Waals surface area contributed by atoms with Gasteiger partial charge in [0.1, 0.15) is 0 Å². The summed E-state index contributed by atoms with van der Waals surface area (Å²) in [6, 6.07) is 2.06. The van der Waals surface area contributed by atoms with Gasteiger partial charge in [0.25, 0.3) is 0 Å². The summed E-state index contributed by atoms with van der Waals surface area (Å²) in [5, 5.41) is 0. The predicted molar refractivity (Wildman–Crippen MR) is 42.3 cm³/mol. The minimum absolute atomic E-state index is 0.0482. The maximum Gasteiger partial charge on any atom is 0.574 e. The van der Waals surface area contributed by atoms with Crippen LogP contribution in [0.25, 0.3) is 0 Å². The van der Waals surface area contributed by atoms with Crippen LogP contribution in [-0.4, -0.2) is 24.4 Å². The first kappa shape index (κ1) is 11.3. The highest BCUT2D eigenvalue weighted by Gasteiger charge is 2.31. The molecule has 0 aromatic carbocycles. The van der Waals surface area contributed by atoms with E-state index in [0.717, 1.165) is 25.4 Å². The summed E-state index contributed by atoms with van der Waals surface area (Å²) in [5.74, 6) is -1.31.